The molecule has 41 heavy (non-hydrogen) atoms. The van der Waals surface area contributed by atoms with Crippen molar-refractivity contribution in [3.8, 4) is 0 Å². The van der Waals surface area contributed by atoms with Gasteiger partial charge in [0.1, 0.15) is 12.2 Å². The molecule has 1 aromatic heterocycles. The van der Waals surface area contributed by atoms with Crippen molar-refractivity contribution >= 4 is 17.9 Å². The zero-order chi connectivity index (χ0) is 29.4. The minimum atomic E-state index is -1.69. The number of allylic oxidation sites excluding steroid dienone is 1. The van der Waals surface area contributed by atoms with Crippen LogP contribution >= 0.6 is 0 Å². The standard InChI is InChI=1S/C33H35NO7/c1-21-10-8-14-25-31(2,16-15-22-18-26(35)39-20-22)33(4,38)28(41-29(36)23-11-6-5-7-12-23)27(32(21,25)3)40-30(37)24-13-9-17-34-19-24/h5-7,9-13,15-19,25,27-28,38H,8,14,20H2,1-4H3/t25?,27?,28?,31-,32-,33-/m0/s1. The second-order valence-electron chi connectivity index (χ2n) is 11.6. The summed E-state index contributed by atoms with van der Waals surface area (Å²) in [6.45, 7) is 7.71. The number of esters is 3. The van der Waals surface area contributed by atoms with E-state index >= 15 is 0 Å². The first kappa shape index (κ1) is 28.5. The monoisotopic (exact) mass is 557 g/mol. The van der Waals surface area contributed by atoms with Gasteiger partial charge in [-0.25, -0.2) is 14.4 Å². The third kappa shape index (κ3) is 4.90. The van der Waals surface area contributed by atoms with E-state index in [0.717, 1.165) is 12.0 Å². The van der Waals surface area contributed by atoms with Crippen molar-refractivity contribution in [3.05, 3.63) is 101 Å². The van der Waals surface area contributed by atoms with Crippen molar-refractivity contribution in [1.29, 1.82) is 0 Å². The van der Waals surface area contributed by atoms with E-state index in [-0.39, 0.29) is 18.1 Å². The van der Waals surface area contributed by atoms with Gasteiger partial charge >= 0.3 is 17.9 Å². The van der Waals surface area contributed by atoms with Crippen molar-refractivity contribution < 1.29 is 33.7 Å². The molecule has 2 heterocycles. The van der Waals surface area contributed by atoms with Gasteiger partial charge in [0.25, 0.3) is 0 Å². The molecule has 0 amide bonds. The van der Waals surface area contributed by atoms with Crippen molar-refractivity contribution in [2.45, 2.75) is 58.3 Å². The summed E-state index contributed by atoms with van der Waals surface area (Å²) in [5, 5.41) is 12.5. The Balaban J connectivity index is 1.64. The molecule has 2 aromatic rings. The van der Waals surface area contributed by atoms with Crippen LogP contribution in [0, 0.1) is 16.7 Å². The number of carbonyl (C=O) groups excluding carboxylic acids is 3. The highest BCUT2D eigenvalue weighted by molar-refractivity contribution is 5.90. The normalized spacial score (nSPS) is 32.9. The van der Waals surface area contributed by atoms with E-state index in [1.54, 1.807) is 61.7 Å². The molecule has 0 spiro atoms. The Hall–Kier alpha value is -4.04. The fraction of sp³-hybridized carbons (Fsp3) is 0.394. The Kier molecular flexibility index (Phi) is 7.46. The van der Waals surface area contributed by atoms with Crippen LogP contribution in [0.2, 0.25) is 0 Å². The number of benzene rings is 1. The summed E-state index contributed by atoms with van der Waals surface area (Å²) in [7, 11) is 0. The molecule has 3 aliphatic rings. The lowest BCUT2D eigenvalue weighted by molar-refractivity contribution is -0.251. The van der Waals surface area contributed by atoms with Gasteiger partial charge in [0.2, 0.25) is 0 Å². The maximum absolute atomic E-state index is 13.5. The largest absolute Gasteiger partial charge is 0.458 e. The Bertz CT molecular complexity index is 1430. The summed E-state index contributed by atoms with van der Waals surface area (Å²) in [4.78, 5) is 42.7. The Morgan fingerprint density at radius 1 is 1.02 bits per heavy atom. The third-order valence-electron chi connectivity index (χ3n) is 9.42. The Morgan fingerprint density at radius 2 is 1.71 bits per heavy atom. The number of hydrogen-bond acceptors (Lipinski definition) is 8. The number of aliphatic hydroxyl groups is 1. The van der Waals surface area contributed by atoms with Gasteiger partial charge in [-0.1, -0.05) is 55.8 Å². The average molecular weight is 558 g/mol. The molecule has 1 saturated carbocycles. The topological polar surface area (TPSA) is 112 Å². The minimum absolute atomic E-state index is 0.145. The molecule has 1 N–H and O–H groups in total. The van der Waals surface area contributed by atoms with Gasteiger partial charge in [-0.15, -0.1) is 0 Å². The zero-order valence-electron chi connectivity index (χ0n) is 23.7. The van der Waals surface area contributed by atoms with Crippen LogP contribution in [0.4, 0.5) is 0 Å². The number of carbonyl (C=O) groups is 3. The van der Waals surface area contributed by atoms with Crippen molar-refractivity contribution in [1.82, 2.24) is 4.98 Å². The number of cyclic esters (lactones) is 1. The van der Waals surface area contributed by atoms with Crippen molar-refractivity contribution in [2.75, 3.05) is 6.61 Å². The van der Waals surface area contributed by atoms with Gasteiger partial charge in [-0.2, -0.15) is 0 Å². The van der Waals surface area contributed by atoms with E-state index in [2.05, 4.69) is 11.1 Å². The van der Waals surface area contributed by atoms with Crippen LogP contribution < -0.4 is 0 Å². The number of hydrogen-bond donors (Lipinski definition) is 1. The molecule has 3 unspecified atom stereocenters. The first-order chi connectivity index (χ1) is 19.5. The first-order valence-corrected chi connectivity index (χ1v) is 13.8. The highest BCUT2D eigenvalue weighted by Crippen LogP contribution is 2.63. The smallest absolute Gasteiger partial charge is 0.340 e. The quantitative estimate of drug-likeness (QED) is 0.300. The summed E-state index contributed by atoms with van der Waals surface area (Å²) in [5.41, 5.74) is -1.25. The maximum atomic E-state index is 13.5. The molecule has 8 heteroatoms. The highest BCUT2D eigenvalue weighted by Gasteiger charge is 2.69. The van der Waals surface area contributed by atoms with E-state index < -0.39 is 46.5 Å². The molecule has 0 bridgehead atoms. The van der Waals surface area contributed by atoms with Crippen LogP contribution in [-0.4, -0.2) is 52.4 Å². The molecule has 2 aliphatic carbocycles. The Morgan fingerprint density at radius 3 is 2.37 bits per heavy atom. The lowest BCUT2D eigenvalue weighted by Gasteiger charge is -2.64. The second-order valence-corrected chi connectivity index (χ2v) is 11.6. The van der Waals surface area contributed by atoms with Gasteiger partial charge in [-0.3, -0.25) is 4.98 Å². The minimum Gasteiger partial charge on any atom is -0.458 e. The fourth-order valence-electron chi connectivity index (χ4n) is 6.71. The highest BCUT2D eigenvalue weighted by atomic mass is 16.6. The number of nitrogens with zero attached hydrogens (tertiary/aromatic N) is 1. The van der Waals surface area contributed by atoms with Crippen molar-refractivity contribution in [3.63, 3.8) is 0 Å². The number of ether oxygens (including phenoxy) is 3. The number of fused-ring (bicyclic) bond motifs is 1. The SMILES string of the molecule is CC1=CCCC2[C@@]1(C)C(OC(=O)c1cccnc1)C(OC(=O)c1ccccc1)[C@](C)(O)[C@@]2(C)C=CC1=CC(=O)OC1. The van der Waals surface area contributed by atoms with Gasteiger partial charge in [-0.05, 0) is 62.4 Å². The molecule has 1 aromatic carbocycles. The summed E-state index contributed by atoms with van der Waals surface area (Å²) in [6, 6.07) is 11.8. The fourth-order valence-corrected chi connectivity index (χ4v) is 6.71. The molecule has 1 fully saturated rings. The van der Waals surface area contributed by atoms with E-state index in [4.69, 9.17) is 14.2 Å². The first-order valence-electron chi connectivity index (χ1n) is 13.8. The van der Waals surface area contributed by atoms with Crippen LogP contribution in [0.25, 0.3) is 0 Å². The molecule has 8 nitrogen and oxygen atoms in total. The molecule has 6 atom stereocenters. The van der Waals surface area contributed by atoms with Crippen LogP contribution in [0.5, 0.6) is 0 Å². The molecule has 0 saturated heterocycles. The summed E-state index contributed by atoms with van der Waals surface area (Å²) < 4.78 is 17.5. The zero-order valence-corrected chi connectivity index (χ0v) is 23.7. The lowest BCUT2D eigenvalue weighted by Crippen LogP contribution is -2.72. The molecule has 5 rings (SSSR count). The average Bonchev–Trinajstić information content (AvgIpc) is 3.39. The van der Waals surface area contributed by atoms with E-state index in [1.165, 1.54) is 12.3 Å². The molecule has 214 valence electrons. The lowest BCUT2D eigenvalue weighted by atomic mass is 9.44. The molecule has 0 radical (unpaired) electrons. The summed E-state index contributed by atoms with van der Waals surface area (Å²) in [5.74, 6) is -1.89. The van der Waals surface area contributed by atoms with Gasteiger partial charge in [0, 0.05) is 29.3 Å². The van der Waals surface area contributed by atoms with Crippen LogP contribution in [0.3, 0.4) is 0 Å². The van der Waals surface area contributed by atoms with Crippen LogP contribution in [0.15, 0.2) is 90.3 Å². The van der Waals surface area contributed by atoms with E-state index in [1.807, 2.05) is 26.8 Å². The number of aromatic nitrogens is 1. The number of pyridine rings is 1. The molecular weight excluding hydrogens is 522 g/mol. The molecule has 1 aliphatic heterocycles. The summed E-state index contributed by atoms with van der Waals surface area (Å²) >= 11 is 0. The van der Waals surface area contributed by atoms with Gasteiger partial charge < -0.3 is 19.3 Å². The van der Waals surface area contributed by atoms with E-state index in [9.17, 15) is 19.5 Å². The van der Waals surface area contributed by atoms with Gasteiger partial charge in [0.05, 0.1) is 11.1 Å². The predicted octanol–water partition coefficient (Wildman–Crippen LogP) is 5.01. The predicted molar refractivity (Wildman–Crippen MR) is 151 cm³/mol. The van der Waals surface area contributed by atoms with Crippen LogP contribution in [0.1, 0.15) is 61.3 Å². The Labute approximate surface area is 239 Å². The summed E-state index contributed by atoms with van der Waals surface area (Å²) in [6.07, 6.45) is 9.42. The van der Waals surface area contributed by atoms with E-state index in [0.29, 0.717) is 17.6 Å². The second kappa shape index (κ2) is 10.7. The van der Waals surface area contributed by atoms with Gasteiger partial charge in [0.15, 0.2) is 12.2 Å². The van der Waals surface area contributed by atoms with Crippen LogP contribution in [-0.2, 0) is 19.0 Å². The maximum Gasteiger partial charge on any atom is 0.340 e. The van der Waals surface area contributed by atoms with Crippen molar-refractivity contribution in [2.24, 2.45) is 16.7 Å². The molecular formula is C33H35NO7. The number of rotatable bonds is 6. The third-order valence-corrected chi connectivity index (χ3v) is 9.42.